The van der Waals surface area contributed by atoms with Gasteiger partial charge in [0.1, 0.15) is 5.15 Å². The van der Waals surface area contributed by atoms with Crippen molar-refractivity contribution in [2.75, 3.05) is 6.61 Å². The Morgan fingerprint density at radius 2 is 2.05 bits per heavy atom. The van der Waals surface area contributed by atoms with Crippen LogP contribution in [0.3, 0.4) is 0 Å². The maximum absolute atomic E-state index is 11.9. The van der Waals surface area contributed by atoms with Crippen LogP contribution >= 0.6 is 11.6 Å². The quantitative estimate of drug-likeness (QED) is 0.757. The van der Waals surface area contributed by atoms with Crippen LogP contribution in [0.2, 0.25) is 5.15 Å². The molecule has 2 N–H and O–H groups in total. The van der Waals surface area contributed by atoms with E-state index in [9.17, 15) is 4.79 Å². The zero-order valence-electron chi connectivity index (χ0n) is 13.9. The molecule has 0 aliphatic rings. The number of aliphatic hydroxyl groups excluding tert-OH is 1. The monoisotopic (exact) mass is 327 g/mol. The van der Waals surface area contributed by atoms with Crippen molar-refractivity contribution in [3.05, 3.63) is 22.5 Å². The molecule has 0 saturated heterocycles. The molecule has 2 unspecified atom stereocenters. The molecule has 1 rings (SSSR count). The minimum Gasteiger partial charge on any atom is -0.396 e. The van der Waals surface area contributed by atoms with Crippen molar-refractivity contribution in [2.24, 2.45) is 11.8 Å². The van der Waals surface area contributed by atoms with Gasteiger partial charge in [-0.3, -0.25) is 9.48 Å². The number of aryl methyl sites for hydroxylation is 1. The van der Waals surface area contributed by atoms with Crippen molar-refractivity contribution in [2.45, 2.75) is 47.2 Å². The minimum absolute atomic E-state index is 0.0106. The smallest absolute Gasteiger partial charge is 0.244 e. The van der Waals surface area contributed by atoms with Gasteiger partial charge < -0.3 is 10.4 Å². The van der Waals surface area contributed by atoms with Gasteiger partial charge in [0, 0.05) is 30.8 Å². The van der Waals surface area contributed by atoms with E-state index in [-0.39, 0.29) is 24.5 Å². The highest BCUT2D eigenvalue weighted by Gasteiger charge is 2.14. The lowest BCUT2D eigenvalue weighted by molar-refractivity contribution is -0.117. The van der Waals surface area contributed by atoms with E-state index in [1.807, 2.05) is 20.8 Å². The summed E-state index contributed by atoms with van der Waals surface area (Å²) in [6.07, 6.45) is 3.14. The first-order valence-corrected chi connectivity index (χ1v) is 7.96. The first kappa shape index (κ1) is 18.7. The van der Waals surface area contributed by atoms with Crippen LogP contribution in [0.15, 0.2) is 6.08 Å². The highest BCUT2D eigenvalue weighted by atomic mass is 35.5. The van der Waals surface area contributed by atoms with Crippen LogP contribution in [0.5, 0.6) is 0 Å². The van der Waals surface area contributed by atoms with Crippen molar-refractivity contribution in [1.82, 2.24) is 15.1 Å². The molecule has 0 spiro atoms. The van der Waals surface area contributed by atoms with Crippen molar-refractivity contribution in [3.63, 3.8) is 0 Å². The van der Waals surface area contributed by atoms with E-state index >= 15 is 0 Å². The number of hydrogen-bond acceptors (Lipinski definition) is 3. The van der Waals surface area contributed by atoms with Crippen molar-refractivity contribution >= 4 is 23.6 Å². The summed E-state index contributed by atoms with van der Waals surface area (Å²) >= 11 is 6.32. The van der Waals surface area contributed by atoms with Gasteiger partial charge in [0.25, 0.3) is 0 Å². The van der Waals surface area contributed by atoms with Gasteiger partial charge in [0.05, 0.1) is 5.69 Å². The highest BCUT2D eigenvalue weighted by Crippen LogP contribution is 2.22. The average Bonchev–Trinajstić information content (AvgIpc) is 2.69. The Balaban J connectivity index is 2.78. The standard InChI is InChI=1S/C16H26ClN3O2/c1-10(2)8-20-16(17)14(13(5)19-20)6-7-15(22)18-12(4)11(3)9-21/h6-7,10-12,21H,8-9H2,1-5H3,(H,18,22)/b7-6+. The molecule has 0 aromatic carbocycles. The lowest BCUT2D eigenvalue weighted by Gasteiger charge is -2.18. The minimum atomic E-state index is -0.208. The number of hydrogen-bond donors (Lipinski definition) is 2. The van der Waals surface area contributed by atoms with Crippen LogP contribution in [0.25, 0.3) is 6.08 Å². The van der Waals surface area contributed by atoms with E-state index in [1.165, 1.54) is 6.08 Å². The fourth-order valence-corrected chi connectivity index (χ4v) is 2.26. The predicted octanol–water partition coefficient (Wildman–Crippen LogP) is 2.65. The van der Waals surface area contributed by atoms with Crippen LogP contribution in [0.1, 0.15) is 39.0 Å². The third-order valence-electron chi connectivity index (χ3n) is 3.56. The summed E-state index contributed by atoms with van der Waals surface area (Å²) in [5.41, 5.74) is 1.56. The van der Waals surface area contributed by atoms with E-state index in [0.29, 0.717) is 11.1 Å². The lowest BCUT2D eigenvalue weighted by Crippen LogP contribution is -2.37. The summed E-state index contributed by atoms with van der Waals surface area (Å²) in [5.74, 6) is 0.245. The number of aromatic nitrogens is 2. The molecule has 6 heteroatoms. The van der Waals surface area contributed by atoms with E-state index in [4.69, 9.17) is 16.7 Å². The Morgan fingerprint density at radius 3 is 2.59 bits per heavy atom. The molecule has 0 aliphatic carbocycles. The molecular weight excluding hydrogens is 302 g/mol. The third kappa shape index (κ3) is 5.14. The molecule has 1 heterocycles. The van der Waals surface area contributed by atoms with Crippen LogP contribution in [0, 0.1) is 18.8 Å². The molecule has 124 valence electrons. The molecule has 0 radical (unpaired) electrons. The van der Waals surface area contributed by atoms with Crippen molar-refractivity contribution in [1.29, 1.82) is 0 Å². The zero-order chi connectivity index (χ0) is 16.9. The molecule has 0 bridgehead atoms. The number of halogens is 1. The second-order valence-electron chi connectivity index (χ2n) is 6.16. The predicted molar refractivity (Wildman–Crippen MR) is 89.7 cm³/mol. The van der Waals surface area contributed by atoms with Crippen LogP contribution in [-0.2, 0) is 11.3 Å². The first-order valence-electron chi connectivity index (χ1n) is 7.58. The van der Waals surface area contributed by atoms with E-state index in [0.717, 1.165) is 17.8 Å². The summed E-state index contributed by atoms with van der Waals surface area (Å²) in [5, 5.41) is 16.8. The molecule has 2 atom stereocenters. The molecule has 1 amide bonds. The summed E-state index contributed by atoms with van der Waals surface area (Å²) in [7, 11) is 0. The van der Waals surface area contributed by atoms with E-state index in [2.05, 4.69) is 24.3 Å². The summed E-state index contributed by atoms with van der Waals surface area (Å²) in [4.78, 5) is 11.9. The molecule has 5 nitrogen and oxygen atoms in total. The molecule has 0 saturated carbocycles. The number of amides is 1. The average molecular weight is 328 g/mol. The SMILES string of the molecule is Cc1nn(CC(C)C)c(Cl)c1/C=C/C(=O)NC(C)C(C)CO. The van der Waals surface area contributed by atoms with Gasteiger partial charge in [-0.15, -0.1) is 0 Å². The topological polar surface area (TPSA) is 67.2 Å². The summed E-state index contributed by atoms with van der Waals surface area (Å²) < 4.78 is 1.76. The molecule has 1 aromatic rings. The number of nitrogens with zero attached hydrogens (tertiary/aromatic N) is 2. The fourth-order valence-electron chi connectivity index (χ4n) is 1.96. The number of nitrogens with one attached hydrogen (secondary N) is 1. The Kier molecular flexibility index (Phi) is 7.10. The number of rotatable bonds is 7. The van der Waals surface area contributed by atoms with Crippen molar-refractivity contribution < 1.29 is 9.90 Å². The maximum atomic E-state index is 11.9. The third-order valence-corrected chi connectivity index (χ3v) is 3.96. The van der Waals surface area contributed by atoms with Crippen LogP contribution in [-0.4, -0.2) is 33.4 Å². The van der Waals surface area contributed by atoms with Gasteiger partial charge in [-0.05, 0) is 31.8 Å². The Hall–Kier alpha value is -1.33. The second kappa shape index (κ2) is 8.34. The number of aliphatic hydroxyl groups is 1. The number of carbonyl (C=O) groups is 1. The van der Waals surface area contributed by atoms with Crippen LogP contribution in [0.4, 0.5) is 0 Å². The Labute approximate surface area is 137 Å². The van der Waals surface area contributed by atoms with Gasteiger partial charge in [-0.25, -0.2) is 0 Å². The fraction of sp³-hybridized carbons (Fsp3) is 0.625. The van der Waals surface area contributed by atoms with Crippen molar-refractivity contribution in [3.8, 4) is 0 Å². The molecule has 0 aliphatic heterocycles. The molecule has 1 aromatic heterocycles. The summed E-state index contributed by atoms with van der Waals surface area (Å²) in [6, 6.07) is -0.0950. The lowest BCUT2D eigenvalue weighted by atomic mass is 10.1. The van der Waals surface area contributed by atoms with Gasteiger partial charge in [0.15, 0.2) is 0 Å². The van der Waals surface area contributed by atoms with Gasteiger partial charge >= 0.3 is 0 Å². The molecule has 0 fully saturated rings. The largest absolute Gasteiger partial charge is 0.396 e. The zero-order valence-corrected chi connectivity index (χ0v) is 14.7. The number of carbonyl (C=O) groups excluding carboxylic acids is 1. The van der Waals surface area contributed by atoms with E-state index in [1.54, 1.807) is 10.8 Å². The molecule has 22 heavy (non-hydrogen) atoms. The summed E-state index contributed by atoms with van der Waals surface area (Å²) in [6.45, 7) is 10.6. The highest BCUT2D eigenvalue weighted by molar-refractivity contribution is 6.31. The van der Waals surface area contributed by atoms with E-state index < -0.39 is 0 Å². The Bertz CT molecular complexity index is 538. The molecular formula is C16H26ClN3O2. The maximum Gasteiger partial charge on any atom is 0.244 e. The van der Waals surface area contributed by atoms with Gasteiger partial charge in [-0.2, -0.15) is 5.10 Å². The van der Waals surface area contributed by atoms with Gasteiger partial charge in [0.2, 0.25) is 5.91 Å². The van der Waals surface area contributed by atoms with Gasteiger partial charge in [-0.1, -0.05) is 32.4 Å². The second-order valence-corrected chi connectivity index (χ2v) is 6.51. The normalized spacial score (nSPS) is 14.5. The Morgan fingerprint density at radius 1 is 1.41 bits per heavy atom. The van der Waals surface area contributed by atoms with Crippen LogP contribution < -0.4 is 5.32 Å². The first-order chi connectivity index (χ1) is 10.3.